The van der Waals surface area contributed by atoms with Crippen molar-refractivity contribution in [1.82, 2.24) is 4.90 Å². The summed E-state index contributed by atoms with van der Waals surface area (Å²) < 4.78 is 16.7. The van der Waals surface area contributed by atoms with E-state index in [-0.39, 0.29) is 12.5 Å². The van der Waals surface area contributed by atoms with Crippen LogP contribution in [0.3, 0.4) is 0 Å². The standard InChI is InChI=1S/C18H22BrNO4/c1-22-11-9-20(10-12-23-2)17(21)13-24-16-8-7-14-5-3-4-6-15(14)18(16)19/h3-8H,9-13H2,1-2H3. The molecule has 5 nitrogen and oxygen atoms in total. The predicted molar refractivity (Wildman–Crippen MR) is 97.5 cm³/mol. The highest BCUT2D eigenvalue weighted by Crippen LogP contribution is 2.32. The van der Waals surface area contributed by atoms with Crippen LogP contribution in [-0.4, -0.2) is 57.9 Å². The molecule has 0 bridgehead atoms. The molecule has 0 saturated heterocycles. The second-order valence-electron chi connectivity index (χ2n) is 5.25. The maximum absolute atomic E-state index is 12.4. The molecule has 0 aliphatic carbocycles. The summed E-state index contributed by atoms with van der Waals surface area (Å²) >= 11 is 3.56. The molecule has 0 aliphatic rings. The molecular weight excluding hydrogens is 374 g/mol. The summed E-state index contributed by atoms with van der Waals surface area (Å²) in [4.78, 5) is 14.1. The molecule has 130 valence electrons. The maximum atomic E-state index is 12.4. The Kier molecular flexibility index (Phi) is 7.49. The van der Waals surface area contributed by atoms with Crippen LogP contribution in [0.5, 0.6) is 5.75 Å². The van der Waals surface area contributed by atoms with Crippen molar-refractivity contribution in [1.29, 1.82) is 0 Å². The monoisotopic (exact) mass is 395 g/mol. The van der Waals surface area contributed by atoms with E-state index in [4.69, 9.17) is 14.2 Å². The summed E-state index contributed by atoms with van der Waals surface area (Å²) in [6.07, 6.45) is 0. The molecule has 0 spiro atoms. The van der Waals surface area contributed by atoms with E-state index in [9.17, 15) is 4.79 Å². The number of ether oxygens (including phenoxy) is 3. The summed E-state index contributed by atoms with van der Waals surface area (Å²) in [5.41, 5.74) is 0. The Morgan fingerprint density at radius 3 is 2.38 bits per heavy atom. The van der Waals surface area contributed by atoms with Crippen LogP contribution in [-0.2, 0) is 14.3 Å². The number of amides is 1. The number of methoxy groups -OCH3 is 2. The normalized spacial score (nSPS) is 10.8. The van der Waals surface area contributed by atoms with Crippen molar-refractivity contribution in [3.8, 4) is 5.75 Å². The van der Waals surface area contributed by atoms with Gasteiger partial charge in [-0.25, -0.2) is 0 Å². The van der Waals surface area contributed by atoms with E-state index in [1.807, 2.05) is 36.4 Å². The first kappa shape index (κ1) is 18.7. The van der Waals surface area contributed by atoms with Crippen LogP contribution in [0, 0.1) is 0 Å². The van der Waals surface area contributed by atoms with Gasteiger partial charge in [0.25, 0.3) is 5.91 Å². The Balaban J connectivity index is 2.02. The molecule has 0 atom stereocenters. The highest BCUT2D eigenvalue weighted by molar-refractivity contribution is 9.10. The first-order valence-electron chi connectivity index (χ1n) is 7.73. The number of fused-ring (bicyclic) bond motifs is 1. The molecule has 2 aromatic carbocycles. The minimum Gasteiger partial charge on any atom is -0.483 e. The Hall–Kier alpha value is -1.63. The van der Waals surface area contributed by atoms with Crippen molar-refractivity contribution in [3.05, 3.63) is 40.9 Å². The van der Waals surface area contributed by atoms with Crippen molar-refractivity contribution >= 4 is 32.6 Å². The predicted octanol–water partition coefficient (Wildman–Crippen LogP) is 3.10. The lowest BCUT2D eigenvalue weighted by molar-refractivity contribution is -0.134. The van der Waals surface area contributed by atoms with Crippen LogP contribution in [0.25, 0.3) is 10.8 Å². The fourth-order valence-electron chi connectivity index (χ4n) is 2.32. The lowest BCUT2D eigenvalue weighted by Crippen LogP contribution is -2.39. The zero-order chi connectivity index (χ0) is 17.4. The van der Waals surface area contributed by atoms with E-state index in [0.29, 0.717) is 32.1 Å². The van der Waals surface area contributed by atoms with Gasteiger partial charge >= 0.3 is 0 Å². The van der Waals surface area contributed by atoms with Gasteiger partial charge < -0.3 is 19.1 Å². The summed E-state index contributed by atoms with van der Waals surface area (Å²) in [6.45, 7) is 1.97. The quantitative estimate of drug-likeness (QED) is 0.654. The zero-order valence-corrected chi connectivity index (χ0v) is 15.5. The second kappa shape index (κ2) is 9.61. The fraction of sp³-hybridized carbons (Fsp3) is 0.389. The Morgan fingerprint density at radius 1 is 1.04 bits per heavy atom. The van der Waals surface area contributed by atoms with Gasteiger partial charge in [0.15, 0.2) is 6.61 Å². The minimum absolute atomic E-state index is 0.0234. The number of hydrogen-bond donors (Lipinski definition) is 0. The summed E-state index contributed by atoms with van der Waals surface area (Å²) in [5, 5.41) is 2.17. The van der Waals surface area contributed by atoms with E-state index >= 15 is 0 Å². The van der Waals surface area contributed by atoms with Crippen LogP contribution in [0.15, 0.2) is 40.9 Å². The largest absolute Gasteiger partial charge is 0.483 e. The minimum atomic E-state index is -0.0934. The molecule has 0 aliphatic heterocycles. The van der Waals surface area contributed by atoms with Gasteiger partial charge in [-0.05, 0) is 32.8 Å². The average molecular weight is 396 g/mol. The molecule has 0 unspecified atom stereocenters. The van der Waals surface area contributed by atoms with E-state index < -0.39 is 0 Å². The molecular formula is C18H22BrNO4. The van der Waals surface area contributed by atoms with Crippen LogP contribution in [0.2, 0.25) is 0 Å². The Bertz CT molecular complexity index is 669. The lowest BCUT2D eigenvalue weighted by atomic mass is 10.1. The van der Waals surface area contributed by atoms with Crippen molar-refractivity contribution in [2.45, 2.75) is 0 Å². The van der Waals surface area contributed by atoms with E-state index in [0.717, 1.165) is 15.2 Å². The van der Waals surface area contributed by atoms with Gasteiger partial charge in [-0.3, -0.25) is 4.79 Å². The number of carbonyl (C=O) groups excluding carboxylic acids is 1. The van der Waals surface area contributed by atoms with Crippen LogP contribution >= 0.6 is 15.9 Å². The third kappa shape index (κ3) is 4.93. The Labute approximate surface area is 150 Å². The first-order valence-corrected chi connectivity index (χ1v) is 8.52. The van der Waals surface area contributed by atoms with Gasteiger partial charge in [0.1, 0.15) is 5.75 Å². The van der Waals surface area contributed by atoms with Gasteiger partial charge in [-0.15, -0.1) is 0 Å². The van der Waals surface area contributed by atoms with Crippen molar-refractivity contribution in [2.75, 3.05) is 47.1 Å². The number of hydrogen-bond acceptors (Lipinski definition) is 4. The molecule has 0 saturated carbocycles. The highest BCUT2D eigenvalue weighted by atomic mass is 79.9. The average Bonchev–Trinajstić information content (AvgIpc) is 2.61. The van der Waals surface area contributed by atoms with Crippen LogP contribution in [0.4, 0.5) is 0 Å². The third-order valence-corrected chi connectivity index (χ3v) is 4.48. The second-order valence-corrected chi connectivity index (χ2v) is 6.05. The van der Waals surface area contributed by atoms with Crippen molar-refractivity contribution in [2.24, 2.45) is 0 Å². The Morgan fingerprint density at radius 2 is 1.71 bits per heavy atom. The molecule has 2 aromatic rings. The number of nitrogens with zero attached hydrogens (tertiary/aromatic N) is 1. The van der Waals surface area contributed by atoms with Crippen LogP contribution in [0.1, 0.15) is 0 Å². The first-order chi connectivity index (χ1) is 11.7. The molecule has 24 heavy (non-hydrogen) atoms. The molecule has 2 rings (SSSR count). The summed E-state index contributed by atoms with van der Waals surface area (Å²) in [7, 11) is 3.23. The van der Waals surface area contributed by atoms with Gasteiger partial charge in [0.05, 0.1) is 17.7 Å². The van der Waals surface area contributed by atoms with E-state index in [1.165, 1.54) is 0 Å². The molecule has 0 N–H and O–H groups in total. The highest BCUT2D eigenvalue weighted by Gasteiger charge is 2.15. The lowest BCUT2D eigenvalue weighted by Gasteiger charge is -2.22. The molecule has 0 radical (unpaired) electrons. The van der Waals surface area contributed by atoms with Crippen molar-refractivity contribution < 1.29 is 19.0 Å². The molecule has 0 fully saturated rings. The smallest absolute Gasteiger partial charge is 0.260 e. The molecule has 0 aromatic heterocycles. The molecule has 1 amide bonds. The van der Waals surface area contributed by atoms with Gasteiger partial charge in [0, 0.05) is 27.3 Å². The number of rotatable bonds is 9. The van der Waals surface area contributed by atoms with E-state index in [2.05, 4.69) is 15.9 Å². The number of halogens is 1. The molecule has 6 heteroatoms. The van der Waals surface area contributed by atoms with Gasteiger partial charge in [-0.2, -0.15) is 0 Å². The van der Waals surface area contributed by atoms with Gasteiger partial charge in [-0.1, -0.05) is 30.3 Å². The van der Waals surface area contributed by atoms with Crippen LogP contribution < -0.4 is 4.74 Å². The van der Waals surface area contributed by atoms with E-state index in [1.54, 1.807) is 19.1 Å². The number of carbonyl (C=O) groups is 1. The summed E-state index contributed by atoms with van der Waals surface area (Å²) in [5.74, 6) is 0.560. The number of benzene rings is 2. The van der Waals surface area contributed by atoms with Gasteiger partial charge in [0.2, 0.25) is 0 Å². The SMILES string of the molecule is COCCN(CCOC)C(=O)COc1ccc2ccccc2c1Br. The third-order valence-electron chi connectivity index (χ3n) is 3.66. The fourth-order valence-corrected chi connectivity index (χ4v) is 2.93. The summed E-state index contributed by atoms with van der Waals surface area (Å²) in [6, 6.07) is 11.9. The topological polar surface area (TPSA) is 48.0 Å². The molecule has 0 heterocycles. The maximum Gasteiger partial charge on any atom is 0.260 e. The van der Waals surface area contributed by atoms with Crippen molar-refractivity contribution in [3.63, 3.8) is 0 Å². The zero-order valence-electron chi connectivity index (χ0n) is 14.0.